The van der Waals surface area contributed by atoms with E-state index in [1.807, 2.05) is 20.8 Å². The lowest BCUT2D eigenvalue weighted by molar-refractivity contribution is 0.108. The molecule has 2 rings (SSSR count). The minimum atomic E-state index is -0.490. The van der Waals surface area contributed by atoms with Crippen LogP contribution in [-0.2, 0) is 0 Å². The Labute approximate surface area is 128 Å². The van der Waals surface area contributed by atoms with Crippen molar-refractivity contribution in [2.45, 2.75) is 20.8 Å². The summed E-state index contributed by atoms with van der Waals surface area (Å²) in [6.45, 7) is 5.83. The average molecular weight is 312 g/mol. The summed E-state index contributed by atoms with van der Waals surface area (Å²) >= 11 is 11.2. The Hall–Kier alpha value is -1.65. The highest BCUT2D eigenvalue weighted by atomic mass is 35.5. The third-order valence-corrected chi connectivity index (χ3v) is 2.88. The molecule has 0 saturated carbocycles. The first-order valence-electron chi connectivity index (χ1n) is 6.12. The number of rotatable bonds is 3. The lowest BCUT2D eigenvalue weighted by Crippen LogP contribution is -1.98. The molecule has 1 heterocycles. The Morgan fingerprint density at radius 3 is 2.30 bits per heavy atom. The molecule has 0 aliphatic rings. The number of hydrogen-bond donors (Lipinski definition) is 1. The van der Waals surface area contributed by atoms with Crippen LogP contribution in [0.4, 0.5) is 11.6 Å². The van der Waals surface area contributed by atoms with Crippen molar-refractivity contribution in [3.8, 4) is 0 Å². The molecule has 1 aromatic carbocycles. The van der Waals surface area contributed by atoms with Crippen LogP contribution < -0.4 is 5.32 Å². The van der Waals surface area contributed by atoms with Gasteiger partial charge in [0.1, 0.15) is 5.15 Å². The van der Waals surface area contributed by atoms with Crippen molar-refractivity contribution >= 4 is 40.1 Å². The molecular weight excluding hydrogens is 297 g/mol. The molecule has 2 aromatic rings. The van der Waals surface area contributed by atoms with Crippen LogP contribution >= 0.6 is 23.2 Å². The van der Waals surface area contributed by atoms with Gasteiger partial charge in [0.25, 0.3) is 5.24 Å². The lowest BCUT2D eigenvalue weighted by Gasteiger charge is -2.05. The molecule has 20 heavy (non-hydrogen) atoms. The monoisotopic (exact) mass is 311 g/mol. The van der Waals surface area contributed by atoms with E-state index >= 15 is 0 Å². The van der Waals surface area contributed by atoms with Gasteiger partial charge in [0, 0.05) is 23.0 Å². The minimum Gasteiger partial charge on any atom is -0.324 e. The van der Waals surface area contributed by atoms with Crippen LogP contribution in [0.3, 0.4) is 0 Å². The molecular formula is C14H15Cl2N3O. The summed E-state index contributed by atoms with van der Waals surface area (Å²) in [6.07, 6.45) is 1.63. The van der Waals surface area contributed by atoms with Crippen molar-refractivity contribution in [2.24, 2.45) is 0 Å². The van der Waals surface area contributed by atoms with Gasteiger partial charge in [-0.2, -0.15) is 0 Å². The number of aryl methyl sites for hydroxylation is 1. The quantitative estimate of drug-likeness (QED) is 0.665. The second-order valence-electron chi connectivity index (χ2n) is 3.64. The summed E-state index contributed by atoms with van der Waals surface area (Å²) < 4.78 is 0. The van der Waals surface area contributed by atoms with Crippen LogP contribution in [0.15, 0.2) is 30.5 Å². The largest absolute Gasteiger partial charge is 0.324 e. The Bertz CT molecular complexity index is 585. The van der Waals surface area contributed by atoms with E-state index in [1.165, 1.54) is 0 Å². The van der Waals surface area contributed by atoms with Gasteiger partial charge in [-0.3, -0.25) is 4.79 Å². The fraction of sp³-hybridized carbons (Fsp3) is 0.214. The maximum absolute atomic E-state index is 10.9. The molecule has 0 radical (unpaired) electrons. The highest BCUT2D eigenvalue weighted by molar-refractivity contribution is 6.67. The Morgan fingerprint density at radius 1 is 1.20 bits per heavy atom. The molecule has 0 saturated heterocycles. The van der Waals surface area contributed by atoms with Crippen molar-refractivity contribution in [3.63, 3.8) is 0 Å². The number of carbonyl (C=O) groups is 1. The molecule has 0 unspecified atom stereocenters. The maximum atomic E-state index is 10.9. The molecule has 1 N–H and O–H groups in total. The third kappa shape index (κ3) is 4.47. The molecule has 6 heteroatoms. The van der Waals surface area contributed by atoms with E-state index in [0.29, 0.717) is 16.7 Å². The van der Waals surface area contributed by atoms with E-state index in [2.05, 4.69) is 15.3 Å². The molecule has 0 aliphatic heterocycles. The van der Waals surface area contributed by atoms with Gasteiger partial charge >= 0.3 is 0 Å². The first kappa shape index (κ1) is 16.4. The minimum absolute atomic E-state index is 0.399. The smallest absolute Gasteiger partial charge is 0.252 e. The molecule has 0 fully saturated rings. The first-order chi connectivity index (χ1) is 9.56. The topological polar surface area (TPSA) is 54.9 Å². The van der Waals surface area contributed by atoms with E-state index in [-0.39, 0.29) is 0 Å². The predicted octanol–water partition coefficient (Wildman–Crippen LogP) is 4.59. The summed E-state index contributed by atoms with van der Waals surface area (Å²) in [5.41, 5.74) is 1.99. The fourth-order valence-electron chi connectivity index (χ4n) is 1.30. The maximum Gasteiger partial charge on any atom is 0.252 e. The van der Waals surface area contributed by atoms with Gasteiger partial charge in [-0.25, -0.2) is 9.97 Å². The highest BCUT2D eigenvalue weighted by Crippen LogP contribution is 2.17. The number of aromatic nitrogens is 2. The first-order valence-corrected chi connectivity index (χ1v) is 6.88. The van der Waals surface area contributed by atoms with Gasteiger partial charge in [-0.15, -0.1) is 0 Å². The molecule has 1 aromatic heterocycles. The zero-order chi connectivity index (χ0) is 15.1. The number of benzene rings is 1. The zero-order valence-electron chi connectivity index (χ0n) is 11.4. The second-order valence-corrected chi connectivity index (χ2v) is 4.34. The van der Waals surface area contributed by atoms with Gasteiger partial charge in [0.2, 0.25) is 5.95 Å². The van der Waals surface area contributed by atoms with Crippen LogP contribution in [0.1, 0.15) is 29.8 Å². The number of halogens is 2. The number of nitrogens with zero attached hydrogens (tertiary/aromatic N) is 2. The summed E-state index contributed by atoms with van der Waals surface area (Å²) in [5.74, 6) is 0.399. The van der Waals surface area contributed by atoms with Crippen LogP contribution in [0.25, 0.3) is 0 Å². The summed E-state index contributed by atoms with van der Waals surface area (Å²) in [5, 5.41) is 2.89. The fourth-order valence-corrected chi connectivity index (χ4v) is 1.55. The van der Waals surface area contributed by atoms with Gasteiger partial charge < -0.3 is 5.32 Å². The van der Waals surface area contributed by atoms with E-state index in [4.69, 9.17) is 23.2 Å². The summed E-state index contributed by atoms with van der Waals surface area (Å²) in [6, 6.07) is 6.67. The van der Waals surface area contributed by atoms with Gasteiger partial charge in [0.15, 0.2) is 0 Å². The Kier molecular flexibility index (Phi) is 6.42. The molecule has 0 bridgehead atoms. The van der Waals surface area contributed by atoms with Crippen LogP contribution in [-0.4, -0.2) is 15.2 Å². The Morgan fingerprint density at radius 2 is 1.80 bits per heavy atom. The van der Waals surface area contributed by atoms with E-state index in [1.54, 1.807) is 30.5 Å². The number of anilines is 2. The molecule has 0 spiro atoms. The summed E-state index contributed by atoms with van der Waals surface area (Å²) in [4.78, 5) is 19.1. The van der Waals surface area contributed by atoms with Crippen molar-refractivity contribution in [3.05, 3.63) is 46.7 Å². The normalized spacial score (nSPS) is 9.45. The SMILES string of the molecule is CC.Cc1cnc(Nc2ccc(C(=O)Cl)cc2)nc1Cl. The van der Waals surface area contributed by atoms with Crippen molar-refractivity contribution in [2.75, 3.05) is 5.32 Å². The van der Waals surface area contributed by atoms with Crippen molar-refractivity contribution < 1.29 is 4.79 Å². The van der Waals surface area contributed by atoms with Crippen molar-refractivity contribution in [1.82, 2.24) is 9.97 Å². The van der Waals surface area contributed by atoms with Gasteiger partial charge in [0.05, 0.1) is 0 Å². The number of nitrogens with one attached hydrogen (secondary N) is 1. The van der Waals surface area contributed by atoms with Gasteiger partial charge in [-0.05, 0) is 42.8 Å². The number of carbonyl (C=O) groups excluding carboxylic acids is 1. The van der Waals surface area contributed by atoms with Crippen LogP contribution in [0.5, 0.6) is 0 Å². The number of hydrogen-bond acceptors (Lipinski definition) is 4. The molecule has 0 atom stereocenters. The van der Waals surface area contributed by atoms with Crippen LogP contribution in [0.2, 0.25) is 5.15 Å². The van der Waals surface area contributed by atoms with E-state index in [9.17, 15) is 4.79 Å². The molecule has 0 aliphatic carbocycles. The predicted molar refractivity (Wildman–Crippen MR) is 83.0 cm³/mol. The molecule has 106 valence electrons. The summed E-state index contributed by atoms with van der Waals surface area (Å²) in [7, 11) is 0. The van der Waals surface area contributed by atoms with E-state index < -0.39 is 5.24 Å². The van der Waals surface area contributed by atoms with Gasteiger partial charge in [-0.1, -0.05) is 25.4 Å². The second kappa shape index (κ2) is 7.82. The van der Waals surface area contributed by atoms with Crippen LogP contribution in [0, 0.1) is 6.92 Å². The van der Waals surface area contributed by atoms with Crippen molar-refractivity contribution in [1.29, 1.82) is 0 Å². The average Bonchev–Trinajstić information content (AvgIpc) is 2.46. The zero-order valence-corrected chi connectivity index (χ0v) is 13.0. The molecule has 4 nitrogen and oxygen atoms in total. The standard InChI is InChI=1S/C12H9Cl2N3O.C2H6/c1-7-6-15-12(17-10(7)13)16-9-4-2-8(3-5-9)11(14)18;1-2/h2-6H,1H3,(H,15,16,17);1-2H3. The van der Waals surface area contributed by atoms with E-state index in [0.717, 1.165) is 11.3 Å². The Balaban J connectivity index is 0.000000956. The molecule has 0 amide bonds. The lowest BCUT2D eigenvalue weighted by atomic mass is 10.2. The third-order valence-electron chi connectivity index (χ3n) is 2.28. The highest BCUT2D eigenvalue weighted by Gasteiger charge is 2.04.